The normalized spacial score (nSPS) is 9.22. The lowest BCUT2D eigenvalue weighted by Crippen LogP contribution is -1.99. The van der Waals surface area contributed by atoms with Crippen LogP contribution < -0.4 is 0 Å². The van der Waals surface area contributed by atoms with Crippen LogP contribution in [0.4, 0.5) is 0 Å². The van der Waals surface area contributed by atoms with Crippen LogP contribution in [0.25, 0.3) is 0 Å². The summed E-state index contributed by atoms with van der Waals surface area (Å²) < 4.78 is 0. The monoisotopic (exact) mass is 252 g/mol. The first kappa shape index (κ1) is 16.2. The minimum absolute atomic E-state index is 0.0833. The summed E-state index contributed by atoms with van der Waals surface area (Å²) >= 11 is 0. The third-order valence-electron chi connectivity index (χ3n) is 2.34. The summed E-state index contributed by atoms with van der Waals surface area (Å²) in [6.07, 6.45) is 5.54. The molecule has 4 nitrogen and oxygen atoms in total. The zero-order valence-corrected chi connectivity index (χ0v) is 10.8. The van der Waals surface area contributed by atoms with Crippen molar-refractivity contribution in [1.82, 2.24) is 0 Å². The van der Waals surface area contributed by atoms with Gasteiger partial charge in [0.1, 0.15) is 0 Å². The molecule has 0 aliphatic carbocycles. The number of carboxylic acid groups (broad SMARTS) is 2. The molecule has 0 aromatic heterocycles. The second kappa shape index (κ2) is 9.22. The zero-order chi connectivity index (χ0) is 14.0. The van der Waals surface area contributed by atoms with Gasteiger partial charge in [-0.25, -0.2) is 9.59 Å². The van der Waals surface area contributed by atoms with Gasteiger partial charge in [0, 0.05) is 0 Å². The molecule has 0 bridgehead atoms. The fraction of sp³-hybridized carbons (Fsp3) is 0.429. The van der Waals surface area contributed by atoms with E-state index in [1.54, 1.807) is 0 Å². The van der Waals surface area contributed by atoms with E-state index in [-0.39, 0.29) is 11.1 Å². The number of rotatable bonds is 5. The lowest BCUT2D eigenvalue weighted by atomic mass is 10.1. The van der Waals surface area contributed by atoms with E-state index in [1.807, 2.05) is 0 Å². The van der Waals surface area contributed by atoms with Crippen molar-refractivity contribution in [3.05, 3.63) is 35.4 Å². The van der Waals surface area contributed by atoms with Crippen LogP contribution in [-0.2, 0) is 0 Å². The van der Waals surface area contributed by atoms with Gasteiger partial charge < -0.3 is 10.2 Å². The summed E-state index contributed by atoms with van der Waals surface area (Å²) in [5.41, 5.74) is 0.167. The van der Waals surface area contributed by atoms with E-state index >= 15 is 0 Å². The molecule has 1 rings (SSSR count). The van der Waals surface area contributed by atoms with Crippen LogP contribution in [0.3, 0.4) is 0 Å². The minimum Gasteiger partial charge on any atom is -0.478 e. The molecule has 0 heterocycles. The summed E-state index contributed by atoms with van der Waals surface area (Å²) in [5.74, 6) is -2.13. The van der Waals surface area contributed by atoms with Crippen molar-refractivity contribution in [1.29, 1.82) is 0 Å². The van der Waals surface area contributed by atoms with E-state index in [4.69, 9.17) is 10.2 Å². The van der Waals surface area contributed by atoms with Crippen LogP contribution >= 0.6 is 0 Å². The Labute approximate surface area is 107 Å². The SMILES string of the molecule is CCCCCC.O=C(O)c1ccc(C(=O)O)cc1. The van der Waals surface area contributed by atoms with Gasteiger partial charge in [-0.2, -0.15) is 0 Å². The molecule has 100 valence electrons. The standard InChI is InChI=1S/C8H6O4.C6H14/c9-7(10)5-1-2-6(4-3-5)8(11)12;1-3-5-6-4-2/h1-4H,(H,9,10)(H,11,12);3-6H2,1-2H3. The fourth-order valence-corrected chi connectivity index (χ4v) is 1.26. The van der Waals surface area contributed by atoms with Gasteiger partial charge in [-0.1, -0.05) is 39.5 Å². The second-order valence-corrected chi connectivity index (χ2v) is 3.89. The Kier molecular flexibility index (Phi) is 8.27. The number of hydrogen-bond donors (Lipinski definition) is 2. The van der Waals surface area contributed by atoms with Gasteiger partial charge >= 0.3 is 11.9 Å². The summed E-state index contributed by atoms with van der Waals surface area (Å²) in [6, 6.07) is 5.02. The molecule has 0 saturated carbocycles. The van der Waals surface area contributed by atoms with Crippen LogP contribution in [0.1, 0.15) is 60.2 Å². The quantitative estimate of drug-likeness (QED) is 0.784. The van der Waals surface area contributed by atoms with E-state index in [0.29, 0.717) is 0 Å². The van der Waals surface area contributed by atoms with Crippen molar-refractivity contribution in [2.75, 3.05) is 0 Å². The number of hydrogen-bond acceptors (Lipinski definition) is 2. The number of benzene rings is 1. The van der Waals surface area contributed by atoms with Gasteiger partial charge in [0.2, 0.25) is 0 Å². The molecule has 0 unspecified atom stereocenters. The van der Waals surface area contributed by atoms with Crippen LogP contribution in [0.15, 0.2) is 24.3 Å². The fourth-order valence-electron chi connectivity index (χ4n) is 1.26. The smallest absolute Gasteiger partial charge is 0.335 e. The number of carbonyl (C=O) groups is 2. The predicted molar refractivity (Wildman–Crippen MR) is 70.2 cm³/mol. The van der Waals surface area contributed by atoms with Crippen molar-refractivity contribution in [2.24, 2.45) is 0 Å². The first-order chi connectivity index (χ1) is 8.52. The highest BCUT2D eigenvalue weighted by Crippen LogP contribution is 2.03. The molecular formula is C14H20O4. The summed E-state index contributed by atoms with van der Waals surface area (Å²) in [7, 11) is 0. The van der Waals surface area contributed by atoms with Crippen molar-refractivity contribution in [3.63, 3.8) is 0 Å². The molecule has 0 saturated heterocycles. The van der Waals surface area contributed by atoms with E-state index in [0.717, 1.165) is 0 Å². The second-order valence-electron chi connectivity index (χ2n) is 3.89. The van der Waals surface area contributed by atoms with Crippen molar-refractivity contribution >= 4 is 11.9 Å². The summed E-state index contributed by atoms with van der Waals surface area (Å²) in [5, 5.41) is 16.9. The zero-order valence-electron chi connectivity index (χ0n) is 10.8. The molecule has 0 aliphatic rings. The summed E-state index contributed by atoms with van der Waals surface area (Å²) in [6.45, 7) is 4.46. The molecule has 0 amide bonds. The maximum atomic E-state index is 10.3. The number of carboxylic acids is 2. The van der Waals surface area contributed by atoms with Gasteiger partial charge in [-0.3, -0.25) is 0 Å². The average Bonchev–Trinajstić information content (AvgIpc) is 2.37. The van der Waals surface area contributed by atoms with E-state index in [2.05, 4.69) is 13.8 Å². The van der Waals surface area contributed by atoms with Crippen molar-refractivity contribution < 1.29 is 19.8 Å². The minimum atomic E-state index is -1.06. The molecule has 4 heteroatoms. The molecule has 0 radical (unpaired) electrons. The predicted octanol–water partition coefficient (Wildman–Crippen LogP) is 3.67. The molecular weight excluding hydrogens is 232 g/mol. The van der Waals surface area contributed by atoms with Crippen LogP contribution in [-0.4, -0.2) is 22.2 Å². The van der Waals surface area contributed by atoms with Crippen LogP contribution in [0, 0.1) is 0 Å². The Morgan fingerprint density at radius 3 is 1.28 bits per heavy atom. The maximum absolute atomic E-state index is 10.3. The molecule has 1 aromatic carbocycles. The maximum Gasteiger partial charge on any atom is 0.335 e. The lowest BCUT2D eigenvalue weighted by Gasteiger charge is -1.94. The van der Waals surface area contributed by atoms with Gasteiger partial charge in [-0.05, 0) is 24.3 Å². The van der Waals surface area contributed by atoms with Gasteiger partial charge in [-0.15, -0.1) is 0 Å². The Bertz CT molecular complexity index is 331. The van der Waals surface area contributed by atoms with Gasteiger partial charge in [0.15, 0.2) is 0 Å². The molecule has 0 spiro atoms. The van der Waals surface area contributed by atoms with Gasteiger partial charge in [0.25, 0.3) is 0 Å². The molecule has 0 atom stereocenters. The highest BCUT2D eigenvalue weighted by Gasteiger charge is 2.04. The molecule has 18 heavy (non-hydrogen) atoms. The average molecular weight is 252 g/mol. The topological polar surface area (TPSA) is 74.6 Å². The van der Waals surface area contributed by atoms with Crippen LogP contribution in [0.5, 0.6) is 0 Å². The number of unbranched alkanes of at least 4 members (excludes halogenated alkanes) is 3. The third kappa shape index (κ3) is 6.68. The van der Waals surface area contributed by atoms with E-state index < -0.39 is 11.9 Å². The Morgan fingerprint density at radius 2 is 1.11 bits per heavy atom. The van der Waals surface area contributed by atoms with Crippen molar-refractivity contribution in [2.45, 2.75) is 39.5 Å². The summed E-state index contributed by atoms with van der Waals surface area (Å²) in [4.78, 5) is 20.7. The van der Waals surface area contributed by atoms with E-state index in [1.165, 1.54) is 49.9 Å². The van der Waals surface area contributed by atoms with Crippen molar-refractivity contribution in [3.8, 4) is 0 Å². The van der Waals surface area contributed by atoms with Crippen LogP contribution in [0.2, 0.25) is 0 Å². The molecule has 0 aliphatic heterocycles. The largest absolute Gasteiger partial charge is 0.478 e. The highest BCUT2D eigenvalue weighted by atomic mass is 16.4. The third-order valence-corrected chi connectivity index (χ3v) is 2.34. The Morgan fingerprint density at radius 1 is 0.833 bits per heavy atom. The first-order valence-electron chi connectivity index (χ1n) is 6.09. The number of aromatic carboxylic acids is 2. The Hall–Kier alpha value is -1.84. The Balaban J connectivity index is 0.000000411. The lowest BCUT2D eigenvalue weighted by molar-refractivity contribution is 0.0681. The molecule has 2 N–H and O–H groups in total. The highest BCUT2D eigenvalue weighted by molar-refractivity contribution is 5.91. The molecule has 0 fully saturated rings. The molecule has 1 aromatic rings. The van der Waals surface area contributed by atoms with E-state index in [9.17, 15) is 9.59 Å². The van der Waals surface area contributed by atoms with Gasteiger partial charge in [0.05, 0.1) is 11.1 Å². The first-order valence-corrected chi connectivity index (χ1v) is 6.09.